The van der Waals surface area contributed by atoms with Crippen LogP contribution in [0.15, 0.2) is 18.2 Å². The fraction of sp³-hybridized carbons (Fsp3) is 0.500. The molecule has 1 aliphatic heterocycles. The lowest BCUT2D eigenvalue weighted by Crippen LogP contribution is -2.13. The third kappa shape index (κ3) is 2.07. The van der Waals surface area contributed by atoms with Crippen molar-refractivity contribution in [2.24, 2.45) is 0 Å². The maximum Gasteiger partial charge on any atom is 0.122 e. The predicted octanol–water partition coefficient (Wildman–Crippen LogP) is 2.12. The van der Waals surface area contributed by atoms with Crippen molar-refractivity contribution >= 4 is 0 Å². The first-order valence-corrected chi connectivity index (χ1v) is 5.35. The van der Waals surface area contributed by atoms with E-state index in [0.29, 0.717) is 0 Å². The molecule has 0 fully saturated rings. The van der Waals surface area contributed by atoms with Gasteiger partial charge >= 0.3 is 0 Å². The summed E-state index contributed by atoms with van der Waals surface area (Å²) in [5, 5.41) is 3.32. The van der Waals surface area contributed by atoms with Gasteiger partial charge in [-0.25, -0.2) is 0 Å². The van der Waals surface area contributed by atoms with Crippen molar-refractivity contribution < 1.29 is 4.74 Å². The molecule has 2 heteroatoms. The normalized spacial score (nSPS) is 14.6. The van der Waals surface area contributed by atoms with Gasteiger partial charge in [0.1, 0.15) is 5.75 Å². The monoisotopic (exact) mass is 191 g/mol. The zero-order chi connectivity index (χ0) is 9.80. The van der Waals surface area contributed by atoms with Gasteiger partial charge in [-0.2, -0.15) is 0 Å². The molecular weight excluding hydrogens is 174 g/mol. The largest absolute Gasteiger partial charge is 0.493 e. The maximum absolute atomic E-state index is 5.62. The van der Waals surface area contributed by atoms with E-state index >= 15 is 0 Å². The van der Waals surface area contributed by atoms with Crippen molar-refractivity contribution in [1.29, 1.82) is 0 Å². The van der Waals surface area contributed by atoms with Gasteiger partial charge in [-0.05, 0) is 36.6 Å². The number of hydrogen-bond donors (Lipinski definition) is 1. The standard InChI is InChI=1S/C12H17NO/c1-2-13-9-10-5-6-11-4-3-7-14-12(11)8-10/h5-6,8,13H,2-4,7,9H2,1H3. The molecular formula is C12H17NO. The van der Waals surface area contributed by atoms with Crippen LogP contribution in [0, 0.1) is 0 Å². The highest BCUT2D eigenvalue weighted by atomic mass is 16.5. The molecule has 0 unspecified atom stereocenters. The number of hydrogen-bond acceptors (Lipinski definition) is 2. The minimum absolute atomic E-state index is 0.873. The van der Waals surface area contributed by atoms with Crippen LogP contribution in [0.4, 0.5) is 0 Å². The lowest BCUT2D eigenvalue weighted by molar-refractivity contribution is 0.288. The molecule has 1 N–H and O–H groups in total. The zero-order valence-electron chi connectivity index (χ0n) is 8.68. The molecule has 0 spiro atoms. The maximum atomic E-state index is 5.62. The first kappa shape index (κ1) is 9.53. The summed E-state index contributed by atoms with van der Waals surface area (Å²) < 4.78 is 5.62. The van der Waals surface area contributed by atoms with Gasteiger partial charge in [0.05, 0.1) is 6.61 Å². The number of rotatable bonds is 3. The minimum Gasteiger partial charge on any atom is -0.493 e. The second-order valence-corrected chi connectivity index (χ2v) is 3.67. The molecule has 1 aromatic carbocycles. The summed E-state index contributed by atoms with van der Waals surface area (Å²) in [6.45, 7) is 4.94. The fourth-order valence-electron chi connectivity index (χ4n) is 1.76. The number of nitrogens with one attached hydrogen (secondary N) is 1. The third-order valence-electron chi connectivity index (χ3n) is 2.56. The summed E-state index contributed by atoms with van der Waals surface area (Å²) in [5.74, 6) is 1.09. The van der Waals surface area contributed by atoms with E-state index in [1.807, 2.05) is 0 Å². The molecule has 1 aliphatic rings. The fourth-order valence-corrected chi connectivity index (χ4v) is 1.76. The molecule has 2 nitrogen and oxygen atoms in total. The molecule has 0 bridgehead atoms. The summed E-state index contributed by atoms with van der Waals surface area (Å²) >= 11 is 0. The van der Waals surface area contributed by atoms with Crippen LogP contribution in [0.3, 0.4) is 0 Å². The van der Waals surface area contributed by atoms with Crippen LogP contribution >= 0.6 is 0 Å². The molecule has 0 amide bonds. The van der Waals surface area contributed by atoms with Gasteiger partial charge in [0.15, 0.2) is 0 Å². The first-order valence-electron chi connectivity index (χ1n) is 5.35. The van der Waals surface area contributed by atoms with E-state index in [0.717, 1.165) is 38.3 Å². The van der Waals surface area contributed by atoms with Gasteiger partial charge in [0, 0.05) is 6.54 Å². The second-order valence-electron chi connectivity index (χ2n) is 3.67. The van der Waals surface area contributed by atoms with Crippen molar-refractivity contribution in [3.63, 3.8) is 0 Å². The molecule has 14 heavy (non-hydrogen) atoms. The van der Waals surface area contributed by atoms with Crippen molar-refractivity contribution in [1.82, 2.24) is 5.32 Å². The third-order valence-corrected chi connectivity index (χ3v) is 2.56. The topological polar surface area (TPSA) is 21.3 Å². The molecule has 0 saturated carbocycles. The van der Waals surface area contributed by atoms with Crippen molar-refractivity contribution in [3.8, 4) is 5.75 Å². The Labute approximate surface area is 85.3 Å². The van der Waals surface area contributed by atoms with Gasteiger partial charge in [-0.15, -0.1) is 0 Å². The Morgan fingerprint density at radius 3 is 3.21 bits per heavy atom. The molecule has 0 atom stereocenters. The Kier molecular flexibility index (Phi) is 3.04. The van der Waals surface area contributed by atoms with Crippen molar-refractivity contribution in [2.45, 2.75) is 26.3 Å². The Bertz CT molecular complexity index is 309. The van der Waals surface area contributed by atoms with Gasteiger partial charge in [-0.3, -0.25) is 0 Å². The van der Waals surface area contributed by atoms with Crippen LogP contribution in [0.1, 0.15) is 24.5 Å². The second kappa shape index (κ2) is 4.47. The number of aryl methyl sites for hydroxylation is 1. The van der Waals surface area contributed by atoms with Crippen LogP contribution < -0.4 is 10.1 Å². The minimum atomic E-state index is 0.873. The summed E-state index contributed by atoms with van der Waals surface area (Å²) in [6, 6.07) is 6.55. The zero-order valence-corrected chi connectivity index (χ0v) is 8.68. The van der Waals surface area contributed by atoms with Crippen LogP contribution in [-0.2, 0) is 13.0 Å². The summed E-state index contributed by atoms with van der Waals surface area (Å²) in [6.07, 6.45) is 2.32. The average Bonchev–Trinajstić information content (AvgIpc) is 2.26. The molecule has 2 rings (SSSR count). The molecule has 0 saturated heterocycles. The Morgan fingerprint density at radius 1 is 1.43 bits per heavy atom. The van der Waals surface area contributed by atoms with Crippen LogP contribution in [0.25, 0.3) is 0 Å². The quantitative estimate of drug-likeness (QED) is 0.790. The van der Waals surface area contributed by atoms with Gasteiger partial charge in [0.2, 0.25) is 0 Å². The van der Waals surface area contributed by atoms with Gasteiger partial charge < -0.3 is 10.1 Å². The first-order chi connectivity index (χ1) is 6.90. The molecule has 0 aromatic heterocycles. The van der Waals surface area contributed by atoms with E-state index in [1.54, 1.807) is 0 Å². The number of ether oxygens (including phenoxy) is 1. The molecule has 0 radical (unpaired) electrons. The highest BCUT2D eigenvalue weighted by molar-refractivity contribution is 5.38. The SMILES string of the molecule is CCNCc1ccc2c(c1)OCCC2. The molecule has 76 valence electrons. The predicted molar refractivity (Wildman–Crippen MR) is 57.6 cm³/mol. The van der Waals surface area contributed by atoms with Crippen LogP contribution in [-0.4, -0.2) is 13.2 Å². The highest BCUT2D eigenvalue weighted by Crippen LogP contribution is 2.25. The van der Waals surface area contributed by atoms with Crippen molar-refractivity contribution in [2.75, 3.05) is 13.2 Å². The summed E-state index contributed by atoms with van der Waals surface area (Å²) in [5.41, 5.74) is 2.67. The van der Waals surface area contributed by atoms with E-state index in [9.17, 15) is 0 Å². The highest BCUT2D eigenvalue weighted by Gasteiger charge is 2.09. The number of benzene rings is 1. The van der Waals surface area contributed by atoms with E-state index < -0.39 is 0 Å². The van der Waals surface area contributed by atoms with Crippen LogP contribution in [0.2, 0.25) is 0 Å². The van der Waals surface area contributed by atoms with Crippen molar-refractivity contribution in [3.05, 3.63) is 29.3 Å². The van der Waals surface area contributed by atoms with Crippen LogP contribution in [0.5, 0.6) is 5.75 Å². The van der Waals surface area contributed by atoms with E-state index in [-0.39, 0.29) is 0 Å². The number of fused-ring (bicyclic) bond motifs is 1. The van der Waals surface area contributed by atoms with E-state index in [1.165, 1.54) is 11.1 Å². The molecule has 0 aliphatic carbocycles. The van der Waals surface area contributed by atoms with Gasteiger partial charge in [-0.1, -0.05) is 19.1 Å². The lowest BCUT2D eigenvalue weighted by Gasteiger charge is -2.17. The Hall–Kier alpha value is -1.02. The Morgan fingerprint density at radius 2 is 2.36 bits per heavy atom. The van der Waals surface area contributed by atoms with E-state index in [2.05, 4.69) is 30.4 Å². The van der Waals surface area contributed by atoms with Gasteiger partial charge in [0.25, 0.3) is 0 Å². The molecule has 1 heterocycles. The smallest absolute Gasteiger partial charge is 0.122 e. The average molecular weight is 191 g/mol. The Balaban J connectivity index is 2.12. The summed E-state index contributed by atoms with van der Waals surface area (Å²) in [4.78, 5) is 0. The lowest BCUT2D eigenvalue weighted by atomic mass is 10.0. The van der Waals surface area contributed by atoms with E-state index in [4.69, 9.17) is 4.74 Å². The molecule has 1 aromatic rings. The summed E-state index contributed by atoms with van der Waals surface area (Å²) in [7, 11) is 0.